The number of rotatable bonds is 5. The Bertz CT molecular complexity index is 1370. The minimum absolute atomic E-state index is 0.0881. The highest BCUT2D eigenvalue weighted by Crippen LogP contribution is 2.47. The van der Waals surface area contributed by atoms with Gasteiger partial charge in [-0.1, -0.05) is 37.3 Å². The molecule has 0 spiro atoms. The minimum atomic E-state index is -0.428. The Balaban J connectivity index is 1.43. The molecule has 0 fully saturated rings. The molecular weight excluding hydrogens is 460 g/mol. The van der Waals surface area contributed by atoms with Gasteiger partial charge in [0.25, 0.3) is 0 Å². The third-order valence-corrected chi connectivity index (χ3v) is 7.52. The van der Waals surface area contributed by atoms with Gasteiger partial charge in [0, 0.05) is 33.8 Å². The van der Waals surface area contributed by atoms with Gasteiger partial charge < -0.3 is 10.6 Å². The number of nitrogens with zero attached hydrogens (tertiary/aromatic N) is 4. The van der Waals surface area contributed by atoms with Crippen LogP contribution < -0.4 is 10.6 Å². The molecule has 1 atom stereocenters. The first-order valence-electron chi connectivity index (χ1n) is 11.6. The van der Waals surface area contributed by atoms with Crippen molar-refractivity contribution in [3.63, 3.8) is 0 Å². The molecule has 3 heterocycles. The largest absolute Gasteiger partial charge is 0.362 e. The van der Waals surface area contributed by atoms with E-state index in [9.17, 15) is 9.59 Å². The number of hydrogen-bond acceptors (Lipinski definition) is 7. The number of para-hydroxylation sites is 1. The van der Waals surface area contributed by atoms with E-state index in [4.69, 9.17) is 0 Å². The van der Waals surface area contributed by atoms with Crippen molar-refractivity contribution in [3.8, 4) is 5.69 Å². The van der Waals surface area contributed by atoms with Crippen LogP contribution in [0, 0.1) is 12.3 Å². The molecule has 1 amide bonds. The molecule has 2 aliphatic rings. The Morgan fingerprint density at radius 1 is 1.23 bits per heavy atom. The highest BCUT2D eigenvalue weighted by atomic mass is 32.1. The van der Waals surface area contributed by atoms with Crippen LogP contribution in [0.2, 0.25) is 0 Å². The minimum Gasteiger partial charge on any atom is -0.362 e. The number of aryl methyl sites for hydroxylation is 1. The van der Waals surface area contributed by atoms with Gasteiger partial charge in [-0.3, -0.25) is 9.59 Å². The Labute approximate surface area is 208 Å². The molecule has 9 heteroatoms. The van der Waals surface area contributed by atoms with E-state index in [1.165, 1.54) is 11.3 Å². The van der Waals surface area contributed by atoms with Gasteiger partial charge in [0.05, 0.1) is 35.6 Å². The number of allylic oxidation sites excluding steroid dienone is 3. The Morgan fingerprint density at radius 2 is 2.00 bits per heavy atom. The van der Waals surface area contributed by atoms with E-state index in [2.05, 4.69) is 39.8 Å². The van der Waals surface area contributed by atoms with Gasteiger partial charge in [0.2, 0.25) is 5.91 Å². The molecule has 0 saturated carbocycles. The van der Waals surface area contributed by atoms with Crippen LogP contribution in [0.4, 0.5) is 0 Å². The van der Waals surface area contributed by atoms with Crippen molar-refractivity contribution in [2.75, 3.05) is 0 Å². The van der Waals surface area contributed by atoms with Gasteiger partial charge in [0.15, 0.2) is 5.78 Å². The number of carbonyl (C=O) groups excluding carboxylic acids is 2. The van der Waals surface area contributed by atoms with Gasteiger partial charge in [-0.05, 0) is 37.8 Å². The lowest BCUT2D eigenvalue weighted by molar-refractivity contribution is -0.118. The molecular formula is C26H28N6O2S. The number of carbonyl (C=O) groups is 2. The summed E-state index contributed by atoms with van der Waals surface area (Å²) in [6.45, 7) is 8.27. The average molecular weight is 489 g/mol. The van der Waals surface area contributed by atoms with Gasteiger partial charge in [-0.15, -0.1) is 16.4 Å². The SMILES string of the molecule is CC1=C(C(=O)NCc2cn(-c3ccccc3)nn2)C(c2scnc2C)C2=C(CC(C)(C)CC2=O)N1. The fourth-order valence-corrected chi connectivity index (χ4v) is 5.86. The number of thiazole rings is 1. The summed E-state index contributed by atoms with van der Waals surface area (Å²) < 4.78 is 1.68. The van der Waals surface area contributed by atoms with E-state index >= 15 is 0 Å². The summed E-state index contributed by atoms with van der Waals surface area (Å²) in [4.78, 5) is 32.3. The zero-order chi connectivity index (χ0) is 24.7. The fraction of sp³-hybridized carbons (Fsp3) is 0.346. The van der Waals surface area contributed by atoms with Crippen LogP contribution in [0.5, 0.6) is 0 Å². The second kappa shape index (κ2) is 8.88. The fourth-order valence-electron chi connectivity index (χ4n) is 4.94. The lowest BCUT2D eigenvalue weighted by Crippen LogP contribution is -2.40. The topological polar surface area (TPSA) is 102 Å². The van der Waals surface area contributed by atoms with E-state index in [1.54, 1.807) is 16.4 Å². The number of aromatic nitrogens is 4. The first-order valence-corrected chi connectivity index (χ1v) is 12.5. The third kappa shape index (κ3) is 4.43. The summed E-state index contributed by atoms with van der Waals surface area (Å²) in [7, 11) is 0. The van der Waals surface area contributed by atoms with Crippen molar-refractivity contribution in [1.82, 2.24) is 30.6 Å². The number of Topliss-reactive ketones (excluding diaryl/α,β-unsaturated/α-hetero) is 1. The lowest BCUT2D eigenvalue weighted by Gasteiger charge is -2.39. The number of nitrogens with one attached hydrogen (secondary N) is 2. The van der Waals surface area contributed by atoms with Crippen molar-refractivity contribution in [3.05, 3.63) is 80.8 Å². The lowest BCUT2D eigenvalue weighted by atomic mass is 9.69. The van der Waals surface area contributed by atoms with E-state index in [0.717, 1.165) is 34.1 Å². The quantitative estimate of drug-likeness (QED) is 0.564. The van der Waals surface area contributed by atoms with Gasteiger partial charge >= 0.3 is 0 Å². The Morgan fingerprint density at radius 3 is 2.71 bits per heavy atom. The van der Waals surface area contributed by atoms with Crippen molar-refractivity contribution in [2.24, 2.45) is 5.41 Å². The van der Waals surface area contributed by atoms with Crippen LogP contribution in [-0.2, 0) is 16.1 Å². The molecule has 0 bridgehead atoms. The molecule has 1 aliphatic heterocycles. The van der Waals surface area contributed by atoms with E-state index in [1.807, 2.05) is 44.2 Å². The maximum absolute atomic E-state index is 13.6. The summed E-state index contributed by atoms with van der Waals surface area (Å²) in [5.74, 6) is -0.571. The van der Waals surface area contributed by atoms with Gasteiger partial charge in [0.1, 0.15) is 5.69 Å². The highest BCUT2D eigenvalue weighted by molar-refractivity contribution is 7.10. The number of benzene rings is 1. The molecule has 2 N–H and O–H groups in total. The molecule has 0 saturated heterocycles. The van der Waals surface area contributed by atoms with Crippen LogP contribution in [-0.4, -0.2) is 31.7 Å². The van der Waals surface area contributed by atoms with Gasteiger partial charge in [-0.2, -0.15) is 0 Å². The maximum atomic E-state index is 13.6. The van der Waals surface area contributed by atoms with Crippen LogP contribution in [0.15, 0.2) is 64.6 Å². The molecule has 1 aliphatic carbocycles. The molecule has 0 radical (unpaired) electrons. The number of dihydropyridines is 1. The second-order valence-electron chi connectivity index (χ2n) is 9.90. The molecule has 1 aromatic carbocycles. The van der Waals surface area contributed by atoms with Crippen LogP contribution in [0.3, 0.4) is 0 Å². The summed E-state index contributed by atoms with van der Waals surface area (Å²) in [6, 6.07) is 9.68. The molecule has 35 heavy (non-hydrogen) atoms. The average Bonchev–Trinajstić information content (AvgIpc) is 3.45. The first kappa shape index (κ1) is 23.2. The summed E-state index contributed by atoms with van der Waals surface area (Å²) in [6.07, 6.45) is 3.02. The van der Waals surface area contributed by atoms with E-state index < -0.39 is 5.92 Å². The summed E-state index contributed by atoms with van der Waals surface area (Å²) >= 11 is 1.49. The molecule has 180 valence electrons. The predicted molar refractivity (Wildman–Crippen MR) is 134 cm³/mol. The third-order valence-electron chi connectivity index (χ3n) is 6.52. The van der Waals surface area contributed by atoms with Crippen LogP contribution >= 0.6 is 11.3 Å². The zero-order valence-corrected chi connectivity index (χ0v) is 21.1. The van der Waals surface area contributed by atoms with Crippen molar-refractivity contribution >= 4 is 23.0 Å². The number of amides is 1. The number of ketones is 1. The normalized spacial score (nSPS) is 19.4. The number of hydrogen-bond donors (Lipinski definition) is 2. The van der Waals surface area contributed by atoms with Crippen LogP contribution in [0.1, 0.15) is 55.8 Å². The Kier molecular flexibility index (Phi) is 5.88. The molecule has 1 unspecified atom stereocenters. The molecule has 2 aromatic heterocycles. The monoisotopic (exact) mass is 488 g/mol. The van der Waals surface area contributed by atoms with Crippen molar-refractivity contribution in [1.29, 1.82) is 0 Å². The highest BCUT2D eigenvalue weighted by Gasteiger charge is 2.43. The summed E-state index contributed by atoms with van der Waals surface area (Å²) in [5.41, 5.74) is 6.97. The van der Waals surface area contributed by atoms with E-state index in [-0.39, 0.29) is 23.7 Å². The second-order valence-corrected chi connectivity index (χ2v) is 10.8. The molecule has 8 nitrogen and oxygen atoms in total. The van der Waals surface area contributed by atoms with Crippen molar-refractivity contribution in [2.45, 2.75) is 53.0 Å². The maximum Gasteiger partial charge on any atom is 0.250 e. The standard InChI is InChI=1S/C26H28N6O2S/c1-15-21(25(34)27-12-17-13-32(31-30-17)18-8-6-5-7-9-18)23(24-16(2)28-14-35-24)22-19(29-15)10-26(3,4)11-20(22)33/h5-9,13-14,23,29H,10-12H2,1-4H3,(H,27,34). The van der Waals surface area contributed by atoms with Crippen molar-refractivity contribution < 1.29 is 9.59 Å². The molecule has 3 aromatic rings. The Hall–Kier alpha value is -3.59. The molecule has 5 rings (SSSR count). The smallest absolute Gasteiger partial charge is 0.250 e. The summed E-state index contributed by atoms with van der Waals surface area (Å²) in [5, 5.41) is 14.8. The first-order chi connectivity index (χ1) is 16.7. The van der Waals surface area contributed by atoms with E-state index in [0.29, 0.717) is 23.3 Å². The van der Waals surface area contributed by atoms with Crippen LogP contribution in [0.25, 0.3) is 5.69 Å². The zero-order valence-electron chi connectivity index (χ0n) is 20.3. The van der Waals surface area contributed by atoms with Gasteiger partial charge in [-0.25, -0.2) is 9.67 Å². The predicted octanol–water partition coefficient (Wildman–Crippen LogP) is 3.95.